The molecule has 1 fully saturated rings. The molecule has 6 aliphatic rings. The quantitative estimate of drug-likeness (QED) is 0.367. The van der Waals surface area contributed by atoms with E-state index in [1.165, 1.54) is 7.11 Å². The lowest BCUT2D eigenvalue weighted by Gasteiger charge is -2.19. The number of hydrogen-bond acceptors (Lipinski definition) is 8. The summed E-state index contributed by atoms with van der Waals surface area (Å²) in [4.78, 5) is 27.2. The zero-order valence-electron chi connectivity index (χ0n) is 24.9. The first-order chi connectivity index (χ1) is 20.1. The van der Waals surface area contributed by atoms with E-state index in [1.54, 1.807) is 0 Å². The maximum atomic E-state index is 12.2. The van der Waals surface area contributed by atoms with Gasteiger partial charge in [-0.1, -0.05) is 26.5 Å². The summed E-state index contributed by atoms with van der Waals surface area (Å²) >= 11 is 0. The monoisotopic (exact) mass is 564 g/mol. The van der Waals surface area contributed by atoms with E-state index in [9.17, 15) is 15.0 Å². The van der Waals surface area contributed by atoms with E-state index >= 15 is 0 Å². The Balaban J connectivity index is 1.62. The number of aliphatic hydroxyl groups excluding tert-OH is 2. The van der Waals surface area contributed by atoms with E-state index in [-0.39, 0.29) is 30.0 Å². The van der Waals surface area contributed by atoms with Gasteiger partial charge in [0.15, 0.2) is 0 Å². The van der Waals surface area contributed by atoms with Crippen LogP contribution in [-0.2, 0) is 9.53 Å². The summed E-state index contributed by atoms with van der Waals surface area (Å²) in [5.74, 6) is -0.581. The van der Waals surface area contributed by atoms with E-state index in [4.69, 9.17) is 19.7 Å². The summed E-state index contributed by atoms with van der Waals surface area (Å²) in [5, 5.41) is 26.1. The van der Waals surface area contributed by atoms with Gasteiger partial charge in [-0.05, 0) is 74.1 Å². The number of fused-ring (bicyclic) bond motifs is 5. The van der Waals surface area contributed by atoms with Crippen LogP contribution in [0.5, 0.6) is 0 Å². The maximum absolute atomic E-state index is 12.2. The number of rotatable bonds is 5. The lowest BCUT2D eigenvalue weighted by molar-refractivity contribution is -0.140. The van der Waals surface area contributed by atoms with Crippen molar-refractivity contribution in [1.82, 2.24) is 5.32 Å². The number of aliphatic hydroxyl groups is 2. The molecule has 0 saturated carbocycles. The van der Waals surface area contributed by atoms with Crippen molar-refractivity contribution < 1.29 is 19.7 Å². The van der Waals surface area contributed by atoms with Crippen molar-refractivity contribution in [2.75, 3.05) is 7.11 Å². The molecule has 216 valence electrons. The highest BCUT2D eigenvalue weighted by molar-refractivity contribution is 6.22. The number of methoxy groups -OCH3 is 1. The molecule has 3 N–H and O–H groups in total. The molecule has 8 heteroatoms. The molecule has 0 aromatic carbocycles. The fraction of sp³-hybridized carbons (Fsp3) is 0.353. The zero-order chi connectivity index (χ0) is 30.0. The molecule has 3 atom stereocenters. The molecule has 8 nitrogen and oxygen atoms in total. The van der Waals surface area contributed by atoms with E-state index in [1.807, 2.05) is 38.2 Å². The second-order valence-electron chi connectivity index (χ2n) is 11.4. The topological polar surface area (TPSA) is 116 Å². The predicted octanol–water partition coefficient (Wildman–Crippen LogP) is 5.77. The number of ether oxygens (including phenoxy) is 1. The van der Waals surface area contributed by atoms with Crippen molar-refractivity contribution in [2.24, 2.45) is 26.8 Å². The Hall–Kier alpha value is -4.30. The Bertz CT molecular complexity index is 1710. The van der Waals surface area contributed by atoms with Crippen molar-refractivity contribution in [1.29, 1.82) is 0 Å². The van der Waals surface area contributed by atoms with Gasteiger partial charge in [-0.25, -0.2) is 15.0 Å². The van der Waals surface area contributed by atoms with E-state index in [0.29, 0.717) is 29.0 Å². The molecule has 0 spiro atoms. The third-order valence-corrected chi connectivity index (χ3v) is 9.28. The van der Waals surface area contributed by atoms with Gasteiger partial charge in [0.05, 0.1) is 41.3 Å². The molecular formula is C34H36N4O4. The lowest BCUT2D eigenvalue weighted by atomic mass is 9.86. The molecule has 8 bridgehead atoms. The first kappa shape index (κ1) is 27.8. The summed E-state index contributed by atoms with van der Waals surface area (Å²) in [5.41, 5.74) is 12.3. The van der Waals surface area contributed by atoms with Gasteiger partial charge in [0, 0.05) is 46.4 Å². The number of nitrogens with one attached hydrogen (secondary N) is 1. The molecular weight excluding hydrogens is 528 g/mol. The maximum Gasteiger partial charge on any atom is 0.305 e. The molecule has 0 aromatic heterocycles. The second kappa shape index (κ2) is 10.2. The van der Waals surface area contributed by atoms with Crippen LogP contribution in [0.3, 0.4) is 0 Å². The van der Waals surface area contributed by atoms with Crippen LogP contribution in [0.2, 0.25) is 0 Å². The Morgan fingerprint density at radius 2 is 1.79 bits per heavy atom. The minimum atomic E-state index is -1.23. The van der Waals surface area contributed by atoms with Crippen LogP contribution in [-0.4, -0.2) is 46.5 Å². The van der Waals surface area contributed by atoms with Gasteiger partial charge in [0.2, 0.25) is 0 Å². The smallest absolute Gasteiger partial charge is 0.305 e. The highest BCUT2D eigenvalue weighted by atomic mass is 16.5. The number of carbonyl (C=O) groups excluding carboxylic acids is 1. The summed E-state index contributed by atoms with van der Waals surface area (Å²) < 4.78 is 4.94. The van der Waals surface area contributed by atoms with Gasteiger partial charge in [0.1, 0.15) is 11.9 Å². The Morgan fingerprint density at radius 1 is 1.07 bits per heavy atom. The third kappa shape index (κ3) is 4.08. The van der Waals surface area contributed by atoms with E-state index in [2.05, 4.69) is 32.7 Å². The minimum absolute atomic E-state index is 0.0303. The predicted molar refractivity (Wildman–Crippen MR) is 165 cm³/mol. The molecule has 1 saturated heterocycles. The van der Waals surface area contributed by atoms with Crippen LogP contribution in [0.15, 0.2) is 119 Å². The number of hydrogen-bond donors (Lipinski definition) is 3. The SMILES string of the molecule is C=CC1=C(C)C2=NC1=CC1=NC(=CC3=C(C)C4=C(O)[C@H](O)C(=C5NC(=C2)[C@@H](C)[C@@H]5CCC(=O)OC)C4=N3)C(CC)=C1C. The fourth-order valence-electron chi connectivity index (χ4n) is 6.78. The Morgan fingerprint density at radius 3 is 2.48 bits per heavy atom. The molecule has 42 heavy (non-hydrogen) atoms. The molecule has 1 aliphatic carbocycles. The largest absolute Gasteiger partial charge is 0.508 e. The standard InChI is InChI=1S/C34H36N4O4/c1-8-19-15(3)22-12-24-17(5)21(10-11-28(39)42-7)31(37-24)30-32-29(33(40)34(30)41)18(6)25(38-32)14-27-20(9-2)16(4)23(36-27)13-26(19)35-22/h8,12-14,17,21,34,37,40-41H,1,9-11H2,2-7H3/t17-,21-,34+/m0/s1. The van der Waals surface area contributed by atoms with Gasteiger partial charge in [-0.3, -0.25) is 4.79 Å². The minimum Gasteiger partial charge on any atom is -0.508 e. The molecule has 0 aromatic rings. The van der Waals surface area contributed by atoms with Crippen LogP contribution in [0.4, 0.5) is 0 Å². The summed E-state index contributed by atoms with van der Waals surface area (Å²) in [6, 6.07) is 0. The number of esters is 1. The second-order valence-corrected chi connectivity index (χ2v) is 11.4. The van der Waals surface area contributed by atoms with Crippen molar-refractivity contribution in [2.45, 2.75) is 60.0 Å². The molecule has 6 rings (SSSR count). The average Bonchev–Trinajstić information content (AvgIpc) is 3.69. The van der Waals surface area contributed by atoms with Gasteiger partial charge in [-0.2, -0.15) is 0 Å². The Kier molecular flexibility index (Phi) is 6.77. The van der Waals surface area contributed by atoms with E-state index < -0.39 is 6.10 Å². The first-order valence-electron chi connectivity index (χ1n) is 14.5. The number of allylic oxidation sites excluding steroid dienone is 11. The number of nitrogens with zero attached hydrogens (tertiary/aromatic N) is 3. The molecule has 0 amide bonds. The van der Waals surface area contributed by atoms with Gasteiger partial charge in [-0.15, -0.1) is 0 Å². The zero-order valence-corrected chi connectivity index (χ0v) is 24.9. The molecule has 0 unspecified atom stereocenters. The molecule has 0 radical (unpaired) electrons. The van der Waals surface area contributed by atoms with Crippen LogP contribution in [0.1, 0.15) is 53.9 Å². The van der Waals surface area contributed by atoms with Gasteiger partial charge >= 0.3 is 5.97 Å². The molecule has 5 heterocycles. The summed E-state index contributed by atoms with van der Waals surface area (Å²) in [6.45, 7) is 14.3. The fourth-order valence-corrected chi connectivity index (χ4v) is 6.78. The van der Waals surface area contributed by atoms with Crippen molar-refractivity contribution in [3.8, 4) is 0 Å². The van der Waals surface area contributed by atoms with Crippen LogP contribution in [0.25, 0.3) is 0 Å². The molecule has 5 aliphatic heterocycles. The Labute approximate surface area is 246 Å². The number of aliphatic imine (C=N–C) groups is 3. The summed E-state index contributed by atoms with van der Waals surface area (Å²) in [6.07, 6.45) is 8.17. The first-order valence-corrected chi connectivity index (χ1v) is 14.5. The van der Waals surface area contributed by atoms with Crippen molar-refractivity contribution in [3.05, 3.63) is 104 Å². The lowest BCUT2D eigenvalue weighted by Crippen LogP contribution is -2.21. The normalized spacial score (nSPS) is 26.4. The highest BCUT2D eigenvalue weighted by Crippen LogP contribution is 2.46. The average molecular weight is 565 g/mol. The highest BCUT2D eigenvalue weighted by Gasteiger charge is 2.45. The van der Waals surface area contributed by atoms with Crippen LogP contribution >= 0.6 is 0 Å². The number of carbonyl (C=O) groups is 1. The summed E-state index contributed by atoms with van der Waals surface area (Å²) in [7, 11) is 1.39. The van der Waals surface area contributed by atoms with Crippen molar-refractivity contribution in [3.63, 3.8) is 0 Å². The third-order valence-electron chi connectivity index (χ3n) is 9.28. The van der Waals surface area contributed by atoms with Crippen LogP contribution < -0.4 is 5.32 Å². The van der Waals surface area contributed by atoms with Gasteiger partial charge in [0.25, 0.3) is 0 Å². The van der Waals surface area contributed by atoms with E-state index in [0.717, 1.165) is 68.5 Å². The van der Waals surface area contributed by atoms with Gasteiger partial charge < -0.3 is 20.3 Å². The van der Waals surface area contributed by atoms with Crippen molar-refractivity contribution >= 4 is 23.1 Å². The van der Waals surface area contributed by atoms with Crippen LogP contribution in [0, 0.1) is 11.8 Å².